The molecule has 0 bridgehead atoms. The van der Waals surface area contributed by atoms with E-state index < -0.39 is 5.41 Å². The van der Waals surface area contributed by atoms with Crippen LogP contribution in [0, 0.1) is 22.7 Å². The van der Waals surface area contributed by atoms with E-state index in [0.717, 1.165) is 38.8 Å². The van der Waals surface area contributed by atoms with Gasteiger partial charge in [-0.15, -0.1) is 0 Å². The molecule has 0 N–H and O–H groups in total. The van der Waals surface area contributed by atoms with Crippen LogP contribution in [0.2, 0.25) is 0 Å². The van der Waals surface area contributed by atoms with Crippen LogP contribution in [0.4, 0.5) is 0 Å². The number of carbonyl (C=O) groups excluding carboxylic acids is 1. The van der Waals surface area contributed by atoms with Gasteiger partial charge in [-0.25, -0.2) is 0 Å². The van der Waals surface area contributed by atoms with Crippen molar-refractivity contribution in [1.82, 2.24) is 4.90 Å². The van der Waals surface area contributed by atoms with Crippen molar-refractivity contribution < 1.29 is 4.79 Å². The van der Waals surface area contributed by atoms with E-state index in [1.165, 1.54) is 6.42 Å². The molecular weight excluding hydrogens is 188 g/mol. The van der Waals surface area contributed by atoms with Crippen molar-refractivity contribution in [2.75, 3.05) is 13.1 Å². The van der Waals surface area contributed by atoms with Crippen LogP contribution in [0.5, 0.6) is 0 Å². The fraction of sp³-hybridized carbons (Fsp3) is 0.833. The Morgan fingerprint density at radius 3 is 2.87 bits per heavy atom. The van der Waals surface area contributed by atoms with Gasteiger partial charge in [0, 0.05) is 13.1 Å². The van der Waals surface area contributed by atoms with Gasteiger partial charge >= 0.3 is 0 Å². The van der Waals surface area contributed by atoms with E-state index in [0.29, 0.717) is 5.92 Å². The summed E-state index contributed by atoms with van der Waals surface area (Å²) in [4.78, 5) is 14.0. The highest BCUT2D eigenvalue weighted by Gasteiger charge is 2.52. The third kappa shape index (κ3) is 1.86. The van der Waals surface area contributed by atoms with Gasteiger partial charge in [0.05, 0.1) is 6.07 Å². The number of rotatable bonds is 2. The van der Waals surface area contributed by atoms with Gasteiger partial charge in [-0.05, 0) is 31.6 Å². The van der Waals surface area contributed by atoms with Gasteiger partial charge in [-0.2, -0.15) is 5.26 Å². The Morgan fingerprint density at radius 2 is 2.33 bits per heavy atom. The monoisotopic (exact) mass is 206 g/mol. The molecule has 1 heterocycles. The van der Waals surface area contributed by atoms with Crippen LogP contribution >= 0.6 is 0 Å². The third-order valence-corrected chi connectivity index (χ3v) is 3.76. The molecule has 3 nitrogen and oxygen atoms in total. The van der Waals surface area contributed by atoms with E-state index in [2.05, 4.69) is 13.0 Å². The molecule has 0 aromatic rings. The summed E-state index contributed by atoms with van der Waals surface area (Å²) in [6, 6.07) is 2.19. The molecule has 82 valence electrons. The molecule has 1 saturated carbocycles. The predicted octanol–water partition coefficient (Wildman–Crippen LogP) is 1.94. The number of carbonyl (C=O) groups is 1. The average molecular weight is 206 g/mol. The number of hydrogen-bond donors (Lipinski definition) is 0. The standard InChI is InChI=1S/C12H18N2O/c1-2-10-4-3-7-14(8-10)11(15)12(9-13)5-6-12/h10H,2-8H2,1H3/t10-/m1/s1. The highest BCUT2D eigenvalue weighted by Crippen LogP contribution is 2.47. The van der Waals surface area contributed by atoms with Crippen LogP contribution in [-0.4, -0.2) is 23.9 Å². The Balaban J connectivity index is 1.99. The van der Waals surface area contributed by atoms with Crippen molar-refractivity contribution >= 4 is 5.91 Å². The van der Waals surface area contributed by atoms with Crippen molar-refractivity contribution in [3.05, 3.63) is 0 Å². The number of hydrogen-bond acceptors (Lipinski definition) is 2. The maximum absolute atomic E-state index is 12.1. The zero-order valence-electron chi connectivity index (χ0n) is 9.33. The zero-order chi connectivity index (χ0) is 10.9. The lowest BCUT2D eigenvalue weighted by atomic mass is 9.94. The molecular formula is C12H18N2O. The van der Waals surface area contributed by atoms with Gasteiger partial charge < -0.3 is 4.90 Å². The maximum Gasteiger partial charge on any atom is 0.243 e. The summed E-state index contributed by atoms with van der Waals surface area (Å²) in [6.45, 7) is 3.91. The molecule has 1 aliphatic heterocycles. The van der Waals surface area contributed by atoms with Crippen LogP contribution < -0.4 is 0 Å². The molecule has 0 unspecified atom stereocenters. The Morgan fingerprint density at radius 1 is 1.60 bits per heavy atom. The first-order valence-electron chi connectivity index (χ1n) is 5.92. The molecule has 1 aliphatic carbocycles. The lowest BCUT2D eigenvalue weighted by molar-refractivity contribution is -0.136. The molecule has 2 aliphatic rings. The van der Waals surface area contributed by atoms with E-state index in [1.807, 2.05) is 4.90 Å². The maximum atomic E-state index is 12.1. The fourth-order valence-corrected chi connectivity index (χ4v) is 2.38. The molecule has 0 spiro atoms. The van der Waals surface area contributed by atoms with E-state index >= 15 is 0 Å². The minimum Gasteiger partial charge on any atom is -0.341 e. The Kier molecular flexibility index (Phi) is 2.68. The predicted molar refractivity (Wildman–Crippen MR) is 56.9 cm³/mol. The van der Waals surface area contributed by atoms with Crippen molar-refractivity contribution in [2.45, 2.75) is 39.0 Å². The van der Waals surface area contributed by atoms with Crippen LogP contribution in [0.25, 0.3) is 0 Å². The molecule has 15 heavy (non-hydrogen) atoms. The molecule has 1 atom stereocenters. The normalized spacial score (nSPS) is 28.3. The highest BCUT2D eigenvalue weighted by molar-refractivity contribution is 5.88. The number of nitrogens with zero attached hydrogens (tertiary/aromatic N) is 2. The summed E-state index contributed by atoms with van der Waals surface area (Å²) >= 11 is 0. The second-order valence-electron chi connectivity index (χ2n) is 4.86. The van der Waals surface area contributed by atoms with E-state index in [9.17, 15) is 4.79 Å². The van der Waals surface area contributed by atoms with Gasteiger partial charge in [0.25, 0.3) is 0 Å². The molecule has 0 aromatic carbocycles. The first-order valence-corrected chi connectivity index (χ1v) is 5.92. The molecule has 0 radical (unpaired) electrons. The summed E-state index contributed by atoms with van der Waals surface area (Å²) in [6.07, 6.45) is 5.03. The van der Waals surface area contributed by atoms with Gasteiger partial charge in [-0.3, -0.25) is 4.79 Å². The third-order valence-electron chi connectivity index (χ3n) is 3.76. The molecule has 0 aromatic heterocycles. The lowest BCUT2D eigenvalue weighted by Crippen LogP contribution is -2.43. The van der Waals surface area contributed by atoms with Crippen LogP contribution in [0.15, 0.2) is 0 Å². The topological polar surface area (TPSA) is 44.1 Å². The Labute approximate surface area is 91.1 Å². The van der Waals surface area contributed by atoms with Crippen molar-refractivity contribution in [3.8, 4) is 6.07 Å². The van der Waals surface area contributed by atoms with Gasteiger partial charge in [0.2, 0.25) is 5.91 Å². The number of nitriles is 1. The number of likely N-dealkylation sites (tertiary alicyclic amines) is 1. The van der Waals surface area contributed by atoms with Gasteiger partial charge in [-0.1, -0.05) is 13.3 Å². The van der Waals surface area contributed by atoms with Crippen molar-refractivity contribution in [1.29, 1.82) is 5.26 Å². The first kappa shape index (κ1) is 10.5. The smallest absolute Gasteiger partial charge is 0.243 e. The first-order chi connectivity index (χ1) is 7.22. The number of piperidine rings is 1. The zero-order valence-corrected chi connectivity index (χ0v) is 9.33. The fourth-order valence-electron chi connectivity index (χ4n) is 2.38. The minimum atomic E-state index is -0.615. The van der Waals surface area contributed by atoms with Crippen LogP contribution in [-0.2, 0) is 4.79 Å². The molecule has 2 fully saturated rings. The molecule has 2 rings (SSSR count). The largest absolute Gasteiger partial charge is 0.341 e. The summed E-state index contributed by atoms with van der Waals surface area (Å²) in [5, 5.41) is 8.98. The highest BCUT2D eigenvalue weighted by atomic mass is 16.2. The van der Waals surface area contributed by atoms with Crippen LogP contribution in [0.1, 0.15) is 39.0 Å². The van der Waals surface area contributed by atoms with Gasteiger partial charge in [0.1, 0.15) is 5.41 Å². The van der Waals surface area contributed by atoms with Crippen molar-refractivity contribution in [3.63, 3.8) is 0 Å². The number of amides is 1. The second-order valence-corrected chi connectivity index (χ2v) is 4.86. The lowest BCUT2D eigenvalue weighted by Gasteiger charge is -2.33. The molecule has 3 heteroatoms. The van der Waals surface area contributed by atoms with E-state index in [1.54, 1.807) is 0 Å². The Bertz CT molecular complexity index is 301. The van der Waals surface area contributed by atoms with E-state index in [4.69, 9.17) is 5.26 Å². The summed E-state index contributed by atoms with van der Waals surface area (Å²) < 4.78 is 0. The second kappa shape index (κ2) is 3.84. The average Bonchev–Trinajstić information content (AvgIpc) is 3.09. The van der Waals surface area contributed by atoms with Crippen molar-refractivity contribution in [2.24, 2.45) is 11.3 Å². The van der Waals surface area contributed by atoms with Crippen LogP contribution in [0.3, 0.4) is 0 Å². The van der Waals surface area contributed by atoms with Gasteiger partial charge in [0.15, 0.2) is 0 Å². The minimum absolute atomic E-state index is 0.100. The molecule has 1 saturated heterocycles. The summed E-state index contributed by atoms with van der Waals surface area (Å²) in [7, 11) is 0. The molecule has 1 amide bonds. The quantitative estimate of drug-likeness (QED) is 0.693. The Hall–Kier alpha value is -1.04. The van der Waals surface area contributed by atoms with E-state index in [-0.39, 0.29) is 5.91 Å². The SMILES string of the molecule is CC[C@@H]1CCCN(C(=O)C2(C#N)CC2)C1. The summed E-state index contributed by atoms with van der Waals surface area (Å²) in [5.41, 5.74) is -0.615. The summed E-state index contributed by atoms with van der Waals surface area (Å²) in [5.74, 6) is 0.750.